The molecule has 0 aliphatic carbocycles. The van der Waals surface area contributed by atoms with E-state index < -0.39 is 0 Å². The Morgan fingerprint density at radius 1 is 1.17 bits per heavy atom. The Morgan fingerprint density at radius 3 is 2.71 bits per heavy atom. The van der Waals surface area contributed by atoms with E-state index in [1.165, 1.54) is 11.3 Å². The van der Waals surface area contributed by atoms with E-state index in [1.54, 1.807) is 19.3 Å². The molecule has 1 aromatic carbocycles. The summed E-state index contributed by atoms with van der Waals surface area (Å²) in [6, 6.07) is 13.5. The van der Waals surface area contributed by atoms with E-state index in [0.29, 0.717) is 17.2 Å². The van der Waals surface area contributed by atoms with E-state index in [0.717, 1.165) is 16.1 Å². The molecule has 3 aromatic rings. The average Bonchev–Trinajstić information content (AvgIpc) is 3.06. The lowest BCUT2D eigenvalue weighted by Gasteiger charge is -2.01. The van der Waals surface area contributed by atoms with Gasteiger partial charge in [0.05, 0.1) is 12.3 Å². The molecule has 0 N–H and O–H groups in total. The number of hydrogen-bond acceptors (Lipinski definition) is 5. The smallest absolute Gasteiger partial charge is 0.350 e. The second-order valence-corrected chi connectivity index (χ2v) is 5.97. The molecule has 0 aliphatic rings. The van der Waals surface area contributed by atoms with Crippen molar-refractivity contribution in [2.75, 3.05) is 6.61 Å². The van der Waals surface area contributed by atoms with Gasteiger partial charge in [-0.2, -0.15) is 0 Å². The summed E-state index contributed by atoms with van der Waals surface area (Å²) in [5, 5.41) is 0.751. The SMILES string of the molecule is CCOC(=O)c1sc(/C=C/c2cccnc2)nc1-c1ccccc1. The fourth-order valence-corrected chi connectivity index (χ4v) is 3.06. The number of ether oxygens (including phenoxy) is 1. The van der Waals surface area contributed by atoms with Gasteiger partial charge in [-0.25, -0.2) is 9.78 Å². The zero-order chi connectivity index (χ0) is 16.8. The summed E-state index contributed by atoms with van der Waals surface area (Å²) in [6.45, 7) is 2.14. The molecule has 0 saturated heterocycles. The Labute approximate surface area is 144 Å². The van der Waals surface area contributed by atoms with Gasteiger partial charge >= 0.3 is 5.97 Å². The Bertz CT molecular complexity index is 842. The maximum atomic E-state index is 12.2. The first-order valence-corrected chi connectivity index (χ1v) is 8.41. The third-order valence-electron chi connectivity index (χ3n) is 3.25. The van der Waals surface area contributed by atoms with E-state index in [-0.39, 0.29) is 5.97 Å². The van der Waals surface area contributed by atoms with Crippen LogP contribution in [0.4, 0.5) is 0 Å². The van der Waals surface area contributed by atoms with Crippen molar-refractivity contribution < 1.29 is 9.53 Å². The van der Waals surface area contributed by atoms with Crippen molar-refractivity contribution >= 4 is 29.5 Å². The predicted molar refractivity (Wildman–Crippen MR) is 96.7 cm³/mol. The third kappa shape index (κ3) is 3.75. The van der Waals surface area contributed by atoms with Gasteiger partial charge in [0.15, 0.2) is 0 Å². The molecule has 2 heterocycles. The van der Waals surface area contributed by atoms with E-state index in [1.807, 2.05) is 54.6 Å². The number of esters is 1. The molecule has 5 heteroatoms. The van der Waals surface area contributed by atoms with E-state index >= 15 is 0 Å². The number of nitrogens with zero attached hydrogens (tertiary/aromatic N) is 2. The fourth-order valence-electron chi connectivity index (χ4n) is 2.18. The molecule has 0 spiro atoms. The Balaban J connectivity index is 1.97. The van der Waals surface area contributed by atoms with Crippen LogP contribution in [-0.2, 0) is 4.74 Å². The number of carbonyl (C=O) groups excluding carboxylic acids is 1. The zero-order valence-corrected chi connectivity index (χ0v) is 14.0. The van der Waals surface area contributed by atoms with Gasteiger partial charge in [-0.15, -0.1) is 11.3 Å². The summed E-state index contributed by atoms with van der Waals surface area (Å²) in [4.78, 5) is 21.4. The minimum absolute atomic E-state index is 0.338. The quantitative estimate of drug-likeness (QED) is 0.641. The molecule has 24 heavy (non-hydrogen) atoms. The van der Waals surface area contributed by atoms with Crippen molar-refractivity contribution in [1.29, 1.82) is 0 Å². The summed E-state index contributed by atoms with van der Waals surface area (Å²) in [7, 11) is 0. The Hall–Kier alpha value is -2.79. The van der Waals surface area contributed by atoms with E-state index in [4.69, 9.17) is 4.74 Å². The highest BCUT2D eigenvalue weighted by molar-refractivity contribution is 7.15. The summed E-state index contributed by atoms with van der Waals surface area (Å²) in [5.41, 5.74) is 2.54. The maximum absolute atomic E-state index is 12.2. The molecule has 0 unspecified atom stereocenters. The molecule has 0 saturated carbocycles. The molecule has 3 rings (SSSR count). The molecular formula is C19H16N2O2S. The number of carbonyl (C=O) groups is 1. The van der Waals surface area contributed by atoms with Crippen LogP contribution in [-0.4, -0.2) is 22.5 Å². The molecule has 0 aliphatic heterocycles. The summed E-state index contributed by atoms with van der Waals surface area (Å²) in [6.07, 6.45) is 7.31. The van der Waals surface area contributed by atoms with Crippen molar-refractivity contribution in [1.82, 2.24) is 9.97 Å². The average molecular weight is 336 g/mol. The van der Waals surface area contributed by atoms with Crippen LogP contribution in [0.3, 0.4) is 0 Å². The van der Waals surface area contributed by atoms with Gasteiger partial charge in [0, 0.05) is 18.0 Å². The second kappa shape index (κ2) is 7.66. The fraction of sp³-hybridized carbons (Fsp3) is 0.105. The van der Waals surface area contributed by atoms with Crippen LogP contribution >= 0.6 is 11.3 Å². The van der Waals surface area contributed by atoms with Gasteiger partial charge in [0.2, 0.25) is 0 Å². The number of benzene rings is 1. The molecule has 0 atom stereocenters. The van der Waals surface area contributed by atoms with Gasteiger partial charge in [-0.3, -0.25) is 4.98 Å². The third-order valence-corrected chi connectivity index (χ3v) is 4.26. The van der Waals surface area contributed by atoms with Gasteiger partial charge in [-0.1, -0.05) is 42.5 Å². The zero-order valence-electron chi connectivity index (χ0n) is 13.2. The van der Waals surface area contributed by atoms with Crippen molar-refractivity contribution in [3.63, 3.8) is 0 Å². The normalized spacial score (nSPS) is 10.9. The van der Waals surface area contributed by atoms with Gasteiger partial charge in [0.1, 0.15) is 9.88 Å². The molecule has 4 nitrogen and oxygen atoms in total. The first-order chi connectivity index (χ1) is 11.8. The molecule has 0 radical (unpaired) electrons. The number of rotatable bonds is 5. The lowest BCUT2D eigenvalue weighted by molar-refractivity contribution is 0.0532. The van der Waals surface area contributed by atoms with E-state index in [9.17, 15) is 4.79 Å². The van der Waals surface area contributed by atoms with Crippen molar-refractivity contribution in [2.45, 2.75) is 6.92 Å². The van der Waals surface area contributed by atoms with Crippen LogP contribution in [0.25, 0.3) is 23.4 Å². The molecule has 0 fully saturated rings. The Kier molecular flexibility index (Phi) is 5.13. The minimum Gasteiger partial charge on any atom is -0.462 e. The van der Waals surface area contributed by atoms with Crippen LogP contribution in [0.2, 0.25) is 0 Å². The molecular weight excluding hydrogens is 320 g/mol. The van der Waals surface area contributed by atoms with Gasteiger partial charge in [0.25, 0.3) is 0 Å². The molecule has 0 bridgehead atoms. The highest BCUT2D eigenvalue weighted by Gasteiger charge is 2.19. The maximum Gasteiger partial charge on any atom is 0.350 e. The highest BCUT2D eigenvalue weighted by Crippen LogP contribution is 2.30. The van der Waals surface area contributed by atoms with Crippen molar-refractivity contribution in [3.8, 4) is 11.3 Å². The van der Waals surface area contributed by atoms with Crippen molar-refractivity contribution in [2.24, 2.45) is 0 Å². The van der Waals surface area contributed by atoms with Crippen LogP contribution in [0.15, 0.2) is 54.9 Å². The first kappa shape index (κ1) is 16.1. The lowest BCUT2D eigenvalue weighted by Crippen LogP contribution is -2.03. The minimum atomic E-state index is -0.338. The van der Waals surface area contributed by atoms with Gasteiger partial charge < -0.3 is 4.74 Å². The predicted octanol–water partition coefficient (Wildman–Crippen LogP) is 4.55. The van der Waals surface area contributed by atoms with Gasteiger partial charge in [-0.05, 0) is 24.6 Å². The van der Waals surface area contributed by atoms with Crippen LogP contribution in [0.5, 0.6) is 0 Å². The van der Waals surface area contributed by atoms with Crippen LogP contribution in [0, 0.1) is 0 Å². The second-order valence-electron chi connectivity index (χ2n) is 4.94. The monoisotopic (exact) mass is 336 g/mol. The standard InChI is InChI=1S/C19H16N2O2S/c1-2-23-19(22)18-17(15-8-4-3-5-9-15)21-16(24-18)11-10-14-7-6-12-20-13-14/h3-13H,2H2,1H3/b11-10+. The topological polar surface area (TPSA) is 52.1 Å². The Morgan fingerprint density at radius 2 is 2.00 bits per heavy atom. The molecule has 2 aromatic heterocycles. The largest absolute Gasteiger partial charge is 0.462 e. The van der Waals surface area contributed by atoms with E-state index in [2.05, 4.69) is 9.97 Å². The highest BCUT2D eigenvalue weighted by atomic mass is 32.1. The number of hydrogen-bond donors (Lipinski definition) is 0. The summed E-state index contributed by atoms with van der Waals surface area (Å²) < 4.78 is 5.16. The van der Waals surface area contributed by atoms with Crippen LogP contribution in [0.1, 0.15) is 27.2 Å². The first-order valence-electron chi connectivity index (χ1n) is 7.59. The lowest BCUT2D eigenvalue weighted by atomic mass is 10.1. The summed E-state index contributed by atoms with van der Waals surface area (Å²) in [5.74, 6) is -0.338. The summed E-state index contributed by atoms with van der Waals surface area (Å²) >= 11 is 1.33. The number of pyridine rings is 1. The number of aromatic nitrogens is 2. The molecule has 0 amide bonds. The van der Waals surface area contributed by atoms with Crippen molar-refractivity contribution in [3.05, 3.63) is 70.3 Å². The van der Waals surface area contributed by atoms with Crippen LogP contribution < -0.4 is 0 Å². The molecule has 120 valence electrons. The number of thiazole rings is 1.